The summed E-state index contributed by atoms with van der Waals surface area (Å²) < 4.78 is 8.05. The van der Waals surface area contributed by atoms with Crippen molar-refractivity contribution >= 4 is 23.1 Å². The Kier molecular flexibility index (Phi) is 6.28. The van der Waals surface area contributed by atoms with E-state index in [1.54, 1.807) is 0 Å². The maximum Gasteiger partial charge on any atom is 0.218 e. The second-order valence-electron chi connectivity index (χ2n) is 8.32. The standard InChI is InChI=1S/C23H30ClN3O2/c1-17-14-20(18(2)27(17)15-19-6-5-13-29-19)23(28)16-25-9-11-26(12-10-25)22-8-4-3-7-21(22)24/h3-4,7-8,14,19H,5-6,9-13,15-16H2,1-2H3/p+1/t19-/m1/s1. The number of Topliss-reactive ketones (excluding diaryl/α,β-unsaturated/α-hetero) is 1. The van der Waals surface area contributed by atoms with Gasteiger partial charge in [-0.2, -0.15) is 0 Å². The minimum absolute atomic E-state index is 0.248. The Morgan fingerprint density at radius 1 is 1.24 bits per heavy atom. The maximum atomic E-state index is 13.0. The number of hydrogen-bond donors (Lipinski definition) is 1. The molecule has 2 aliphatic rings. The Morgan fingerprint density at radius 3 is 2.69 bits per heavy atom. The van der Waals surface area contributed by atoms with Crippen LogP contribution in [0, 0.1) is 13.8 Å². The molecule has 0 unspecified atom stereocenters. The average Bonchev–Trinajstić information content (AvgIpc) is 3.33. The number of halogens is 1. The fourth-order valence-corrected chi connectivity index (χ4v) is 4.88. The molecule has 6 heteroatoms. The summed E-state index contributed by atoms with van der Waals surface area (Å²) in [6, 6.07) is 10.1. The number of nitrogens with one attached hydrogen (secondary N) is 1. The van der Waals surface area contributed by atoms with Gasteiger partial charge in [0.2, 0.25) is 5.78 Å². The predicted molar refractivity (Wildman–Crippen MR) is 116 cm³/mol. The van der Waals surface area contributed by atoms with E-state index < -0.39 is 0 Å². The van der Waals surface area contributed by atoms with Gasteiger partial charge in [-0.3, -0.25) is 4.79 Å². The van der Waals surface area contributed by atoms with Crippen LogP contribution in [0.25, 0.3) is 0 Å². The summed E-state index contributed by atoms with van der Waals surface area (Å²) in [6.45, 7) is 10.2. The summed E-state index contributed by atoms with van der Waals surface area (Å²) in [4.78, 5) is 16.7. The highest BCUT2D eigenvalue weighted by Gasteiger charge is 2.26. The highest BCUT2D eigenvalue weighted by Crippen LogP contribution is 2.25. The number of aryl methyl sites for hydroxylation is 1. The van der Waals surface area contributed by atoms with Crippen molar-refractivity contribution in [3.63, 3.8) is 0 Å². The van der Waals surface area contributed by atoms with Crippen molar-refractivity contribution < 1.29 is 14.4 Å². The summed E-state index contributed by atoms with van der Waals surface area (Å²) in [7, 11) is 0. The van der Waals surface area contributed by atoms with Gasteiger partial charge in [-0.25, -0.2) is 0 Å². The Bertz CT molecular complexity index is 865. The Hall–Kier alpha value is -1.82. The quantitative estimate of drug-likeness (QED) is 0.735. The molecule has 29 heavy (non-hydrogen) atoms. The first-order valence-corrected chi connectivity index (χ1v) is 11.1. The van der Waals surface area contributed by atoms with E-state index in [0.717, 1.165) is 79.8 Å². The molecule has 1 N–H and O–H groups in total. The molecule has 5 nitrogen and oxygen atoms in total. The number of nitrogens with zero attached hydrogens (tertiary/aromatic N) is 2. The van der Waals surface area contributed by atoms with E-state index in [4.69, 9.17) is 16.3 Å². The number of para-hydroxylation sites is 1. The molecule has 2 fully saturated rings. The summed E-state index contributed by atoms with van der Waals surface area (Å²) in [6.07, 6.45) is 2.53. The number of quaternary nitrogens is 1. The van der Waals surface area contributed by atoms with Crippen molar-refractivity contribution in [2.75, 3.05) is 44.2 Å². The number of rotatable bonds is 6. The lowest BCUT2D eigenvalue weighted by atomic mass is 10.1. The lowest BCUT2D eigenvalue weighted by molar-refractivity contribution is -0.892. The molecule has 0 aliphatic carbocycles. The third-order valence-electron chi connectivity index (χ3n) is 6.36. The molecule has 156 valence electrons. The van der Waals surface area contributed by atoms with Crippen LogP contribution < -0.4 is 9.80 Å². The van der Waals surface area contributed by atoms with Gasteiger partial charge in [-0.05, 0) is 44.9 Å². The van der Waals surface area contributed by atoms with Crippen molar-refractivity contribution in [1.82, 2.24) is 4.57 Å². The van der Waals surface area contributed by atoms with Crippen molar-refractivity contribution in [1.29, 1.82) is 0 Å². The van der Waals surface area contributed by atoms with Crippen LogP contribution in [0.1, 0.15) is 34.6 Å². The van der Waals surface area contributed by atoms with Crippen LogP contribution in [0.5, 0.6) is 0 Å². The zero-order valence-corrected chi connectivity index (χ0v) is 18.2. The summed E-state index contributed by atoms with van der Waals surface area (Å²) >= 11 is 6.34. The van der Waals surface area contributed by atoms with Gasteiger partial charge in [0.1, 0.15) is 6.54 Å². The number of anilines is 1. The van der Waals surface area contributed by atoms with Crippen molar-refractivity contribution in [3.05, 3.63) is 52.3 Å². The van der Waals surface area contributed by atoms with Crippen LogP contribution in [-0.2, 0) is 11.3 Å². The van der Waals surface area contributed by atoms with Crippen LogP contribution >= 0.6 is 11.6 Å². The van der Waals surface area contributed by atoms with E-state index in [1.807, 2.05) is 18.2 Å². The Morgan fingerprint density at radius 2 is 2.00 bits per heavy atom. The number of piperazine rings is 1. The first-order chi connectivity index (χ1) is 14.0. The molecule has 2 saturated heterocycles. The Labute approximate surface area is 178 Å². The SMILES string of the molecule is Cc1cc(C(=O)C[NH+]2CCN(c3ccccc3Cl)CC2)c(C)n1C[C@H]1CCCO1. The average molecular weight is 417 g/mol. The van der Waals surface area contributed by atoms with Crippen LogP contribution in [-0.4, -0.2) is 55.8 Å². The van der Waals surface area contributed by atoms with E-state index in [-0.39, 0.29) is 11.9 Å². The minimum atomic E-state index is 0.248. The number of carbonyl (C=O) groups is 1. The third-order valence-corrected chi connectivity index (χ3v) is 6.68. The lowest BCUT2D eigenvalue weighted by Gasteiger charge is -2.33. The number of aromatic nitrogens is 1. The van der Waals surface area contributed by atoms with Crippen LogP contribution in [0.2, 0.25) is 5.02 Å². The summed E-state index contributed by atoms with van der Waals surface area (Å²) in [5.41, 5.74) is 4.20. The molecule has 0 bridgehead atoms. The van der Waals surface area contributed by atoms with Gasteiger partial charge in [0.15, 0.2) is 0 Å². The van der Waals surface area contributed by atoms with Crippen molar-refractivity contribution in [2.24, 2.45) is 0 Å². The predicted octanol–water partition coefficient (Wildman–Crippen LogP) is 2.53. The fraction of sp³-hybridized carbons (Fsp3) is 0.522. The van der Waals surface area contributed by atoms with Crippen LogP contribution in [0.3, 0.4) is 0 Å². The lowest BCUT2D eigenvalue weighted by Crippen LogP contribution is -3.15. The van der Waals surface area contributed by atoms with E-state index >= 15 is 0 Å². The smallest absolute Gasteiger partial charge is 0.218 e. The van der Waals surface area contributed by atoms with Gasteiger partial charge < -0.3 is 19.1 Å². The van der Waals surface area contributed by atoms with Crippen molar-refractivity contribution in [3.8, 4) is 0 Å². The Balaban J connectivity index is 1.36. The largest absolute Gasteiger partial charge is 0.376 e. The number of ketones is 1. The van der Waals surface area contributed by atoms with E-state index in [1.165, 1.54) is 4.90 Å². The molecule has 3 heterocycles. The van der Waals surface area contributed by atoms with Gasteiger partial charge in [0.25, 0.3) is 0 Å². The minimum Gasteiger partial charge on any atom is -0.376 e. The first kappa shape index (κ1) is 20.5. The molecule has 0 spiro atoms. The highest BCUT2D eigenvalue weighted by molar-refractivity contribution is 6.33. The topological polar surface area (TPSA) is 38.9 Å². The normalized spacial score (nSPS) is 20.4. The molecule has 1 aromatic heterocycles. The number of benzene rings is 1. The van der Waals surface area contributed by atoms with Gasteiger partial charge in [-0.15, -0.1) is 0 Å². The van der Waals surface area contributed by atoms with E-state index in [2.05, 4.69) is 35.4 Å². The molecule has 0 radical (unpaired) electrons. The molecule has 0 saturated carbocycles. The van der Waals surface area contributed by atoms with Crippen LogP contribution in [0.4, 0.5) is 5.69 Å². The number of hydrogen-bond acceptors (Lipinski definition) is 3. The molecule has 0 amide bonds. The summed E-state index contributed by atoms with van der Waals surface area (Å²) in [5.74, 6) is 0.248. The van der Waals surface area contributed by atoms with E-state index in [9.17, 15) is 4.79 Å². The molecular weight excluding hydrogens is 386 g/mol. The molecule has 1 atom stereocenters. The van der Waals surface area contributed by atoms with Gasteiger partial charge in [-0.1, -0.05) is 23.7 Å². The van der Waals surface area contributed by atoms with Gasteiger partial charge in [0, 0.05) is 30.1 Å². The molecule has 1 aromatic carbocycles. The maximum absolute atomic E-state index is 13.0. The summed E-state index contributed by atoms with van der Waals surface area (Å²) in [5, 5.41) is 0.797. The van der Waals surface area contributed by atoms with E-state index in [0.29, 0.717) is 6.54 Å². The highest BCUT2D eigenvalue weighted by atomic mass is 35.5. The van der Waals surface area contributed by atoms with Gasteiger partial charge >= 0.3 is 0 Å². The zero-order valence-electron chi connectivity index (χ0n) is 17.4. The number of ether oxygens (including phenoxy) is 1. The molecule has 4 rings (SSSR count). The van der Waals surface area contributed by atoms with Gasteiger partial charge in [0.05, 0.1) is 43.0 Å². The fourth-order valence-electron chi connectivity index (χ4n) is 4.63. The first-order valence-electron chi connectivity index (χ1n) is 10.7. The molecule has 2 aliphatic heterocycles. The van der Waals surface area contributed by atoms with Crippen LogP contribution in [0.15, 0.2) is 30.3 Å². The molecule has 2 aromatic rings. The number of carbonyl (C=O) groups excluding carboxylic acids is 1. The second-order valence-corrected chi connectivity index (χ2v) is 8.73. The molecular formula is C23H31ClN3O2+. The van der Waals surface area contributed by atoms with Crippen molar-refractivity contribution in [2.45, 2.75) is 39.3 Å². The monoisotopic (exact) mass is 416 g/mol. The second kappa shape index (κ2) is 8.90. The zero-order chi connectivity index (χ0) is 20.4. The third kappa shape index (κ3) is 4.52.